The van der Waals surface area contributed by atoms with E-state index in [0.717, 1.165) is 22.2 Å². The molecule has 0 unspecified atom stereocenters. The fourth-order valence-corrected chi connectivity index (χ4v) is 1.68. The van der Waals surface area contributed by atoms with Crippen LogP contribution in [-0.2, 0) is 0 Å². The first-order valence-corrected chi connectivity index (χ1v) is 6.57. The van der Waals surface area contributed by atoms with Crippen molar-refractivity contribution in [3.63, 3.8) is 0 Å². The largest absolute Gasteiger partial charge is 0.497 e. The molecule has 18 heavy (non-hydrogen) atoms. The zero-order chi connectivity index (χ0) is 12.8. The Hall–Kier alpha value is -1.99. The molecule has 0 amide bonds. The van der Waals surface area contributed by atoms with E-state index < -0.39 is 0 Å². The summed E-state index contributed by atoms with van der Waals surface area (Å²) in [5.74, 6) is 6.90. The average molecular weight is 256 g/mol. The molecule has 0 spiro atoms. The van der Waals surface area contributed by atoms with Gasteiger partial charge in [-0.15, -0.1) is 0 Å². The van der Waals surface area contributed by atoms with E-state index in [1.807, 2.05) is 30.5 Å². The van der Waals surface area contributed by atoms with Crippen molar-refractivity contribution in [3.05, 3.63) is 47.8 Å². The number of benzene rings is 1. The van der Waals surface area contributed by atoms with Crippen LogP contribution in [0.25, 0.3) is 0 Å². The molecule has 0 aliphatic rings. The Balaban J connectivity index is 2.19. The number of thioether (sulfide) groups is 1. The third kappa shape index (κ3) is 3.25. The highest BCUT2D eigenvalue weighted by molar-refractivity contribution is 7.98. The Kier molecular flexibility index (Phi) is 4.21. The molecule has 0 fully saturated rings. The molecule has 1 heterocycles. The Morgan fingerprint density at radius 1 is 1.11 bits per heavy atom. The van der Waals surface area contributed by atoms with Gasteiger partial charge in [0.05, 0.1) is 7.11 Å². The first-order valence-electron chi connectivity index (χ1n) is 5.35. The summed E-state index contributed by atoms with van der Waals surface area (Å²) in [6.45, 7) is 0. The number of rotatable bonds is 2. The highest BCUT2D eigenvalue weighted by atomic mass is 32.2. The maximum Gasteiger partial charge on any atom is 0.188 e. The van der Waals surface area contributed by atoms with Gasteiger partial charge in [0.15, 0.2) is 5.16 Å². The van der Waals surface area contributed by atoms with Crippen molar-refractivity contribution in [1.29, 1.82) is 0 Å². The van der Waals surface area contributed by atoms with Crippen molar-refractivity contribution in [2.24, 2.45) is 0 Å². The van der Waals surface area contributed by atoms with Crippen LogP contribution in [0.15, 0.2) is 41.7 Å². The fraction of sp³-hybridized carbons (Fsp3) is 0.143. The molecule has 0 bridgehead atoms. The van der Waals surface area contributed by atoms with E-state index in [0.29, 0.717) is 0 Å². The van der Waals surface area contributed by atoms with Crippen LogP contribution < -0.4 is 4.74 Å². The lowest BCUT2D eigenvalue weighted by molar-refractivity contribution is 0.415. The zero-order valence-corrected chi connectivity index (χ0v) is 11.0. The summed E-state index contributed by atoms with van der Waals surface area (Å²) in [4.78, 5) is 8.40. The van der Waals surface area contributed by atoms with Gasteiger partial charge in [-0.1, -0.05) is 17.7 Å². The minimum absolute atomic E-state index is 0.727. The number of hydrogen-bond donors (Lipinski definition) is 0. The third-order valence-corrected chi connectivity index (χ3v) is 2.80. The summed E-state index contributed by atoms with van der Waals surface area (Å²) < 4.78 is 5.09. The van der Waals surface area contributed by atoms with Gasteiger partial charge in [0.25, 0.3) is 0 Å². The first kappa shape index (κ1) is 12.5. The van der Waals surface area contributed by atoms with E-state index in [1.165, 1.54) is 11.8 Å². The van der Waals surface area contributed by atoms with Crippen LogP contribution in [-0.4, -0.2) is 23.3 Å². The second-order valence-electron chi connectivity index (χ2n) is 3.41. The van der Waals surface area contributed by atoms with Crippen LogP contribution >= 0.6 is 11.8 Å². The Labute approximate surface area is 111 Å². The molecule has 2 aromatic rings. The van der Waals surface area contributed by atoms with Gasteiger partial charge in [0, 0.05) is 11.8 Å². The molecule has 0 atom stereocenters. The van der Waals surface area contributed by atoms with Crippen LogP contribution in [0, 0.1) is 11.8 Å². The van der Waals surface area contributed by atoms with E-state index in [-0.39, 0.29) is 0 Å². The Bertz CT molecular complexity index is 585. The highest BCUT2D eigenvalue weighted by Crippen LogP contribution is 2.10. The molecule has 0 saturated carbocycles. The first-order chi connectivity index (χ1) is 8.81. The summed E-state index contributed by atoms with van der Waals surface area (Å²) in [7, 11) is 1.64. The second kappa shape index (κ2) is 6.08. The van der Waals surface area contributed by atoms with Gasteiger partial charge in [-0.05, 0) is 42.5 Å². The maximum absolute atomic E-state index is 5.09. The molecular weight excluding hydrogens is 244 g/mol. The van der Waals surface area contributed by atoms with Gasteiger partial charge in [-0.2, -0.15) is 0 Å². The number of nitrogens with zero attached hydrogens (tertiary/aromatic N) is 2. The van der Waals surface area contributed by atoms with Crippen LogP contribution in [0.5, 0.6) is 5.75 Å². The monoisotopic (exact) mass is 256 g/mol. The summed E-state index contributed by atoms with van der Waals surface area (Å²) >= 11 is 1.50. The van der Waals surface area contributed by atoms with Gasteiger partial charge in [0.1, 0.15) is 11.4 Å². The number of hydrogen-bond acceptors (Lipinski definition) is 4. The Morgan fingerprint density at radius 2 is 1.89 bits per heavy atom. The van der Waals surface area contributed by atoms with E-state index in [4.69, 9.17) is 4.74 Å². The van der Waals surface area contributed by atoms with Crippen molar-refractivity contribution < 1.29 is 4.74 Å². The summed E-state index contributed by atoms with van der Waals surface area (Å²) in [6.07, 6.45) is 3.66. The SMILES string of the molecule is COc1ccc(C#Cc2ccnc(SC)n2)cc1. The predicted octanol–water partition coefficient (Wildman–Crippen LogP) is 2.61. The highest BCUT2D eigenvalue weighted by Gasteiger charge is 1.94. The van der Waals surface area contributed by atoms with Crippen LogP contribution in [0.4, 0.5) is 0 Å². The number of ether oxygens (including phenoxy) is 1. The molecule has 90 valence electrons. The summed E-state index contributed by atoms with van der Waals surface area (Å²) in [5.41, 5.74) is 1.66. The van der Waals surface area contributed by atoms with Crippen LogP contribution in [0.2, 0.25) is 0 Å². The van der Waals surface area contributed by atoms with Crippen molar-refractivity contribution in [2.45, 2.75) is 5.16 Å². The number of aromatic nitrogens is 2. The van der Waals surface area contributed by atoms with Gasteiger partial charge in [-0.25, -0.2) is 9.97 Å². The summed E-state index contributed by atoms with van der Waals surface area (Å²) in [5, 5.41) is 0.733. The van der Waals surface area contributed by atoms with Crippen LogP contribution in [0.1, 0.15) is 11.3 Å². The van der Waals surface area contributed by atoms with Gasteiger partial charge in [0.2, 0.25) is 0 Å². The van der Waals surface area contributed by atoms with Crippen molar-refractivity contribution in [1.82, 2.24) is 9.97 Å². The number of methoxy groups -OCH3 is 1. The quantitative estimate of drug-likeness (QED) is 0.470. The molecule has 2 rings (SSSR count). The van der Waals surface area contributed by atoms with Gasteiger partial charge >= 0.3 is 0 Å². The third-order valence-electron chi connectivity index (χ3n) is 2.24. The normalized spacial score (nSPS) is 9.44. The maximum atomic E-state index is 5.09. The van der Waals surface area contributed by atoms with E-state index in [2.05, 4.69) is 21.8 Å². The molecule has 1 aromatic carbocycles. The lowest BCUT2D eigenvalue weighted by Gasteiger charge is -1.97. The minimum atomic E-state index is 0.727. The molecule has 3 nitrogen and oxygen atoms in total. The molecule has 4 heteroatoms. The van der Waals surface area contributed by atoms with E-state index >= 15 is 0 Å². The Morgan fingerprint density at radius 3 is 2.56 bits per heavy atom. The summed E-state index contributed by atoms with van der Waals surface area (Å²) in [6, 6.07) is 9.41. The zero-order valence-electron chi connectivity index (χ0n) is 10.2. The molecule has 0 N–H and O–H groups in total. The smallest absolute Gasteiger partial charge is 0.188 e. The van der Waals surface area contributed by atoms with Crippen LogP contribution in [0.3, 0.4) is 0 Å². The van der Waals surface area contributed by atoms with E-state index in [9.17, 15) is 0 Å². The van der Waals surface area contributed by atoms with Gasteiger partial charge in [-0.3, -0.25) is 0 Å². The molecule has 0 aliphatic heterocycles. The second-order valence-corrected chi connectivity index (χ2v) is 4.18. The van der Waals surface area contributed by atoms with Crippen molar-refractivity contribution in [3.8, 4) is 17.6 Å². The molecular formula is C14H12N2OS. The molecule has 0 saturated heterocycles. The topological polar surface area (TPSA) is 35.0 Å². The van der Waals surface area contributed by atoms with Gasteiger partial charge < -0.3 is 4.74 Å². The average Bonchev–Trinajstić information content (AvgIpc) is 2.46. The molecule has 0 aliphatic carbocycles. The molecule has 0 radical (unpaired) electrons. The van der Waals surface area contributed by atoms with E-state index in [1.54, 1.807) is 19.4 Å². The van der Waals surface area contributed by atoms with Crippen molar-refractivity contribution >= 4 is 11.8 Å². The molecule has 1 aromatic heterocycles. The standard InChI is InChI=1S/C14H12N2OS/c1-17-13-7-4-11(5-8-13)3-6-12-9-10-15-14(16-12)18-2/h4-5,7-10H,1-2H3. The lowest BCUT2D eigenvalue weighted by atomic mass is 10.2. The minimum Gasteiger partial charge on any atom is -0.497 e. The lowest BCUT2D eigenvalue weighted by Crippen LogP contribution is -1.88. The fourth-order valence-electron chi connectivity index (χ4n) is 1.32. The predicted molar refractivity (Wildman–Crippen MR) is 72.8 cm³/mol. The van der Waals surface area contributed by atoms with Crippen molar-refractivity contribution in [2.75, 3.05) is 13.4 Å².